The van der Waals surface area contributed by atoms with Crippen molar-refractivity contribution < 1.29 is 14.7 Å². The van der Waals surface area contributed by atoms with E-state index < -0.39 is 0 Å². The SMILES string of the molecule is CN(C)N1C(=O)CC(c2ccc(O)cc2)C2=C1CC(C)(C)CC2=O. The van der Waals surface area contributed by atoms with E-state index in [-0.39, 0.29) is 35.2 Å². The molecule has 1 aromatic rings. The Hall–Kier alpha value is -2.14. The van der Waals surface area contributed by atoms with E-state index in [0.29, 0.717) is 12.8 Å². The molecule has 5 nitrogen and oxygen atoms in total. The zero-order valence-electron chi connectivity index (χ0n) is 14.7. The third-order valence-electron chi connectivity index (χ3n) is 4.81. The number of phenolic OH excluding ortho intramolecular Hbond substituents is 1. The third-order valence-corrected chi connectivity index (χ3v) is 4.81. The van der Waals surface area contributed by atoms with E-state index in [9.17, 15) is 14.7 Å². The molecule has 1 heterocycles. The number of benzene rings is 1. The lowest BCUT2D eigenvalue weighted by molar-refractivity contribution is -0.143. The normalized spacial score (nSPS) is 23.7. The highest BCUT2D eigenvalue weighted by Gasteiger charge is 2.44. The molecule has 0 radical (unpaired) electrons. The number of hydrogen-bond donors (Lipinski definition) is 1. The number of carbonyl (C=O) groups is 2. The number of ketones is 1. The van der Waals surface area contributed by atoms with Gasteiger partial charge in [-0.25, -0.2) is 10.0 Å². The molecule has 0 spiro atoms. The van der Waals surface area contributed by atoms with E-state index in [1.54, 1.807) is 34.3 Å². The fourth-order valence-corrected chi connectivity index (χ4v) is 3.86. The van der Waals surface area contributed by atoms with Crippen LogP contribution < -0.4 is 0 Å². The largest absolute Gasteiger partial charge is 0.508 e. The highest BCUT2D eigenvalue weighted by Crippen LogP contribution is 2.47. The van der Waals surface area contributed by atoms with Crippen LogP contribution in [0.4, 0.5) is 0 Å². The molecule has 1 atom stereocenters. The van der Waals surface area contributed by atoms with E-state index in [0.717, 1.165) is 16.8 Å². The number of hydrazine groups is 1. The van der Waals surface area contributed by atoms with Crippen molar-refractivity contribution in [2.75, 3.05) is 14.1 Å². The van der Waals surface area contributed by atoms with Gasteiger partial charge in [0.2, 0.25) is 5.91 Å². The van der Waals surface area contributed by atoms with Crippen LogP contribution in [-0.2, 0) is 9.59 Å². The second-order valence-electron chi connectivity index (χ2n) is 7.70. The Morgan fingerprint density at radius 1 is 1.12 bits per heavy atom. The predicted octanol–water partition coefficient (Wildman–Crippen LogP) is 2.83. The molecule has 0 aromatic heterocycles. The van der Waals surface area contributed by atoms with E-state index in [4.69, 9.17) is 0 Å². The monoisotopic (exact) mass is 328 g/mol. The second-order valence-corrected chi connectivity index (χ2v) is 7.70. The maximum absolute atomic E-state index is 12.9. The van der Waals surface area contributed by atoms with Crippen LogP contribution in [0.5, 0.6) is 5.75 Å². The minimum Gasteiger partial charge on any atom is -0.508 e. The molecule has 2 aliphatic rings. The van der Waals surface area contributed by atoms with Crippen LogP contribution in [0.1, 0.15) is 44.6 Å². The van der Waals surface area contributed by atoms with Gasteiger partial charge in [-0.05, 0) is 29.5 Å². The first-order valence-corrected chi connectivity index (χ1v) is 8.25. The molecule has 1 amide bonds. The van der Waals surface area contributed by atoms with Gasteiger partial charge in [0.15, 0.2) is 5.78 Å². The van der Waals surface area contributed by atoms with Crippen LogP contribution in [0.2, 0.25) is 0 Å². The van der Waals surface area contributed by atoms with Gasteiger partial charge in [-0.15, -0.1) is 0 Å². The Morgan fingerprint density at radius 3 is 2.33 bits per heavy atom. The van der Waals surface area contributed by atoms with Crippen LogP contribution in [0.25, 0.3) is 0 Å². The number of allylic oxidation sites excluding steroid dienone is 2. The summed E-state index contributed by atoms with van der Waals surface area (Å²) in [6.45, 7) is 4.13. The maximum atomic E-state index is 12.9. The molecule has 1 aliphatic heterocycles. The summed E-state index contributed by atoms with van der Waals surface area (Å²) in [5, 5.41) is 12.9. The average Bonchev–Trinajstić information content (AvgIpc) is 2.44. The fraction of sp³-hybridized carbons (Fsp3) is 0.474. The molecule has 24 heavy (non-hydrogen) atoms. The summed E-state index contributed by atoms with van der Waals surface area (Å²) in [7, 11) is 3.66. The Labute approximate surface area is 142 Å². The smallest absolute Gasteiger partial charge is 0.242 e. The van der Waals surface area contributed by atoms with Gasteiger partial charge in [0.25, 0.3) is 0 Å². The standard InChI is InChI=1S/C19H24N2O3/c1-19(2)10-15-18(16(23)11-19)14(9-17(24)21(15)20(3)4)12-5-7-13(22)8-6-12/h5-8,14,22H,9-11H2,1-4H3. The Balaban J connectivity index is 2.15. The molecular weight excluding hydrogens is 304 g/mol. The Kier molecular flexibility index (Phi) is 4.00. The van der Waals surface area contributed by atoms with E-state index in [2.05, 4.69) is 13.8 Å². The van der Waals surface area contributed by atoms with Crippen LogP contribution in [0.3, 0.4) is 0 Å². The molecule has 5 heteroatoms. The van der Waals surface area contributed by atoms with Crippen molar-refractivity contribution in [2.45, 2.75) is 39.0 Å². The highest BCUT2D eigenvalue weighted by atomic mass is 16.3. The van der Waals surface area contributed by atoms with Crippen molar-refractivity contribution in [2.24, 2.45) is 5.41 Å². The van der Waals surface area contributed by atoms with Crippen molar-refractivity contribution in [1.29, 1.82) is 0 Å². The summed E-state index contributed by atoms with van der Waals surface area (Å²) in [5.41, 5.74) is 2.34. The molecule has 1 N–H and O–H groups in total. The van der Waals surface area contributed by atoms with Crippen LogP contribution in [0.15, 0.2) is 35.5 Å². The second kappa shape index (κ2) is 5.74. The summed E-state index contributed by atoms with van der Waals surface area (Å²) in [5.74, 6) is 0.0787. The Morgan fingerprint density at radius 2 is 1.75 bits per heavy atom. The van der Waals surface area contributed by atoms with Crippen molar-refractivity contribution >= 4 is 11.7 Å². The molecule has 0 fully saturated rings. The quantitative estimate of drug-likeness (QED) is 0.907. The van der Waals surface area contributed by atoms with Gasteiger partial charge in [0.1, 0.15) is 5.75 Å². The van der Waals surface area contributed by atoms with Gasteiger partial charge >= 0.3 is 0 Å². The molecule has 1 unspecified atom stereocenters. The molecular formula is C19H24N2O3. The fourth-order valence-electron chi connectivity index (χ4n) is 3.86. The summed E-state index contributed by atoms with van der Waals surface area (Å²) < 4.78 is 0. The number of carbonyl (C=O) groups excluding carboxylic acids is 2. The minimum atomic E-state index is -0.229. The summed E-state index contributed by atoms with van der Waals surface area (Å²) >= 11 is 0. The number of hydrogen-bond acceptors (Lipinski definition) is 4. The van der Waals surface area contributed by atoms with E-state index in [1.165, 1.54) is 0 Å². The lowest BCUT2D eigenvalue weighted by atomic mass is 9.69. The Bertz CT molecular complexity index is 717. The van der Waals surface area contributed by atoms with E-state index in [1.807, 2.05) is 14.1 Å². The number of Topliss-reactive ketones (excluding diaryl/α,β-unsaturated/α-hetero) is 1. The highest BCUT2D eigenvalue weighted by molar-refractivity contribution is 6.01. The summed E-state index contributed by atoms with van der Waals surface area (Å²) in [4.78, 5) is 25.7. The lowest BCUT2D eigenvalue weighted by Crippen LogP contribution is -2.49. The van der Waals surface area contributed by atoms with Crippen LogP contribution >= 0.6 is 0 Å². The van der Waals surface area contributed by atoms with Gasteiger partial charge in [0, 0.05) is 44.1 Å². The van der Waals surface area contributed by atoms with Crippen molar-refractivity contribution in [1.82, 2.24) is 10.0 Å². The topological polar surface area (TPSA) is 60.9 Å². The number of rotatable bonds is 2. The van der Waals surface area contributed by atoms with Crippen LogP contribution in [0, 0.1) is 5.41 Å². The summed E-state index contributed by atoms with van der Waals surface area (Å²) in [6.07, 6.45) is 1.47. The van der Waals surface area contributed by atoms with Crippen molar-refractivity contribution in [3.8, 4) is 5.75 Å². The molecule has 128 valence electrons. The predicted molar refractivity (Wildman–Crippen MR) is 91.0 cm³/mol. The molecule has 3 rings (SSSR count). The van der Waals surface area contributed by atoms with Gasteiger partial charge in [-0.2, -0.15) is 0 Å². The van der Waals surface area contributed by atoms with Crippen LogP contribution in [-0.4, -0.2) is 40.9 Å². The zero-order chi connectivity index (χ0) is 17.6. The third kappa shape index (κ3) is 2.84. The van der Waals surface area contributed by atoms with Crippen molar-refractivity contribution in [3.05, 3.63) is 41.1 Å². The van der Waals surface area contributed by atoms with Gasteiger partial charge < -0.3 is 5.11 Å². The number of aromatic hydroxyl groups is 1. The first-order valence-electron chi connectivity index (χ1n) is 8.25. The van der Waals surface area contributed by atoms with Crippen molar-refractivity contribution in [3.63, 3.8) is 0 Å². The van der Waals surface area contributed by atoms with E-state index >= 15 is 0 Å². The van der Waals surface area contributed by atoms with Gasteiger partial charge in [0.05, 0.1) is 0 Å². The number of phenols is 1. The molecule has 0 saturated carbocycles. The minimum absolute atomic E-state index is 0.00215. The average molecular weight is 328 g/mol. The molecule has 0 bridgehead atoms. The number of amides is 1. The summed E-state index contributed by atoms with van der Waals surface area (Å²) in [6, 6.07) is 6.82. The van der Waals surface area contributed by atoms with Gasteiger partial charge in [-0.1, -0.05) is 26.0 Å². The first kappa shape index (κ1) is 16.7. The lowest BCUT2D eigenvalue weighted by Gasteiger charge is -2.44. The first-order chi connectivity index (χ1) is 11.2. The molecule has 0 saturated heterocycles. The molecule has 1 aromatic carbocycles. The maximum Gasteiger partial charge on any atom is 0.242 e. The molecule has 1 aliphatic carbocycles. The zero-order valence-corrected chi connectivity index (χ0v) is 14.7. The number of nitrogens with zero attached hydrogens (tertiary/aromatic N) is 2. The van der Waals surface area contributed by atoms with Gasteiger partial charge in [-0.3, -0.25) is 9.59 Å².